The lowest BCUT2D eigenvalue weighted by Gasteiger charge is -2.36. The molecule has 0 aliphatic carbocycles. The van der Waals surface area contributed by atoms with E-state index in [2.05, 4.69) is 0 Å². The number of benzene rings is 1. The number of amides is 1. The molecular weight excluding hydrogens is 268 g/mol. The van der Waals surface area contributed by atoms with E-state index < -0.39 is 5.97 Å². The van der Waals surface area contributed by atoms with Crippen molar-refractivity contribution in [3.05, 3.63) is 35.4 Å². The van der Waals surface area contributed by atoms with Gasteiger partial charge in [0.1, 0.15) is 0 Å². The largest absolute Gasteiger partial charge is 0.480 e. The van der Waals surface area contributed by atoms with E-state index in [1.54, 1.807) is 4.90 Å². The predicted molar refractivity (Wildman–Crippen MR) is 77.8 cm³/mol. The molecular formula is C16H20N2O3. The van der Waals surface area contributed by atoms with Crippen LogP contribution in [0.3, 0.4) is 0 Å². The quantitative estimate of drug-likeness (QED) is 0.905. The van der Waals surface area contributed by atoms with Crippen LogP contribution in [0.4, 0.5) is 0 Å². The Balaban J connectivity index is 1.84. The number of carboxylic acids is 1. The third-order valence-corrected chi connectivity index (χ3v) is 4.39. The fourth-order valence-corrected chi connectivity index (χ4v) is 3.31. The van der Waals surface area contributed by atoms with Gasteiger partial charge in [-0.25, -0.2) is 0 Å². The van der Waals surface area contributed by atoms with Gasteiger partial charge in [-0.1, -0.05) is 24.3 Å². The van der Waals surface area contributed by atoms with Gasteiger partial charge in [0.15, 0.2) is 0 Å². The average Bonchev–Trinajstić information content (AvgIpc) is 2.99. The topological polar surface area (TPSA) is 60.9 Å². The van der Waals surface area contributed by atoms with Crippen molar-refractivity contribution in [3.8, 4) is 0 Å². The summed E-state index contributed by atoms with van der Waals surface area (Å²) in [6.45, 7) is 2.06. The Bertz CT molecular complexity index is 552. The molecule has 1 saturated heterocycles. The van der Waals surface area contributed by atoms with Crippen LogP contribution in [-0.4, -0.2) is 52.5 Å². The van der Waals surface area contributed by atoms with E-state index in [9.17, 15) is 9.59 Å². The smallest absolute Gasteiger partial charge is 0.317 e. The van der Waals surface area contributed by atoms with Crippen LogP contribution in [-0.2, 0) is 22.6 Å². The molecule has 0 unspecified atom stereocenters. The maximum absolute atomic E-state index is 12.7. The second-order valence-electron chi connectivity index (χ2n) is 5.82. The lowest BCUT2D eigenvalue weighted by atomic mass is 9.93. The summed E-state index contributed by atoms with van der Waals surface area (Å²) < 4.78 is 0. The SMILES string of the molecule is O=C(O)CN1Cc2ccccc2C[C@H]1C(=O)N1CCCC1. The highest BCUT2D eigenvalue weighted by atomic mass is 16.4. The van der Waals surface area contributed by atoms with E-state index >= 15 is 0 Å². The summed E-state index contributed by atoms with van der Waals surface area (Å²) in [4.78, 5) is 27.5. The maximum atomic E-state index is 12.7. The van der Waals surface area contributed by atoms with Crippen molar-refractivity contribution >= 4 is 11.9 Å². The second kappa shape index (κ2) is 5.85. The van der Waals surface area contributed by atoms with Crippen LogP contribution in [0.2, 0.25) is 0 Å². The molecule has 1 aromatic rings. The molecule has 1 aromatic carbocycles. The molecule has 21 heavy (non-hydrogen) atoms. The first-order valence-electron chi connectivity index (χ1n) is 7.46. The van der Waals surface area contributed by atoms with Crippen LogP contribution in [0.15, 0.2) is 24.3 Å². The molecule has 0 spiro atoms. The highest BCUT2D eigenvalue weighted by Gasteiger charge is 2.35. The molecule has 5 nitrogen and oxygen atoms in total. The molecule has 112 valence electrons. The van der Waals surface area contributed by atoms with Gasteiger partial charge in [0.2, 0.25) is 5.91 Å². The monoisotopic (exact) mass is 288 g/mol. The van der Waals surface area contributed by atoms with Gasteiger partial charge in [0.25, 0.3) is 0 Å². The van der Waals surface area contributed by atoms with Gasteiger partial charge < -0.3 is 10.0 Å². The van der Waals surface area contributed by atoms with Gasteiger partial charge in [-0.3, -0.25) is 14.5 Å². The van der Waals surface area contributed by atoms with Crippen LogP contribution in [0, 0.1) is 0 Å². The summed E-state index contributed by atoms with van der Waals surface area (Å²) in [5.74, 6) is -0.795. The number of aliphatic carboxylic acids is 1. The fraction of sp³-hybridized carbons (Fsp3) is 0.500. The Morgan fingerprint density at radius 2 is 1.81 bits per heavy atom. The summed E-state index contributed by atoms with van der Waals surface area (Å²) in [5, 5.41) is 9.11. The van der Waals surface area contributed by atoms with Crippen molar-refractivity contribution in [2.45, 2.75) is 31.8 Å². The molecule has 5 heteroatoms. The van der Waals surface area contributed by atoms with Crippen LogP contribution >= 0.6 is 0 Å². The first-order valence-corrected chi connectivity index (χ1v) is 7.46. The van der Waals surface area contributed by atoms with E-state index in [0.717, 1.165) is 37.1 Å². The molecule has 1 atom stereocenters. The van der Waals surface area contributed by atoms with Crippen molar-refractivity contribution in [3.63, 3.8) is 0 Å². The van der Waals surface area contributed by atoms with Crippen molar-refractivity contribution in [1.29, 1.82) is 0 Å². The molecule has 0 saturated carbocycles. The number of hydrogen-bond donors (Lipinski definition) is 1. The number of rotatable bonds is 3. The van der Waals surface area contributed by atoms with E-state index in [1.165, 1.54) is 0 Å². The molecule has 1 N–H and O–H groups in total. The number of carbonyl (C=O) groups excluding carboxylic acids is 1. The summed E-state index contributed by atoms with van der Waals surface area (Å²) in [7, 11) is 0. The normalized spacial score (nSPS) is 22.1. The predicted octanol–water partition coefficient (Wildman–Crippen LogP) is 1.12. The molecule has 1 amide bonds. The van der Waals surface area contributed by atoms with Crippen molar-refractivity contribution in [1.82, 2.24) is 9.80 Å². The molecule has 0 radical (unpaired) electrons. The lowest BCUT2D eigenvalue weighted by molar-refractivity contribution is -0.143. The maximum Gasteiger partial charge on any atom is 0.317 e. The summed E-state index contributed by atoms with van der Waals surface area (Å²) in [6, 6.07) is 7.65. The Morgan fingerprint density at radius 1 is 1.14 bits per heavy atom. The highest BCUT2D eigenvalue weighted by molar-refractivity contribution is 5.83. The zero-order valence-electron chi connectivity index (χ0n) is 12.0. The first-order chi connectivity index (χ1) is 10.1. The number of hydrogen-bond acceptors (Lipinski definition) is 3. The number of fused-ring (bicyclic) bond motifs is 1. The van der Waals surface area contributed by atoms with Crippen LogP contribution in [0.5, 0.6) is 0 Å². The van der Waals surface area contributed by atoms with Gasteiger partial charge >= 0.3 is 5.97 Å². The van der Waals surface area contributed by atoms with Gasteiger partial charge in [-0.15, -0.1) is 0 Å². The Hall–Kier alpha value is -1.88. The van der Waals surface area contributed by atoms with E-state index in [-0.39, 0.29) is 18.5 Å². The summed E-state index contributed by atoms with van der Waals surface area (Å²) >= 11 is 0. The fourth-order valence-electron chi connectivity index (χ4n) is 3.31. The molecule has 2 heterocycles. The van der Waals surface area contributed by atoms with Crippen molar-refractivity contribution < 1.29 is 14.7 Å². The zero-order valence-corrected chi connectivity index (χ0v) is 12.0. The van der Waals surface area contributed by atoms with Crippen LogP contribution in [0.1, 0.15) is 24.0 Å². The van der Waals surface area contributed by atoms with Crippen LogP contribution in [0.25, 0.3) is 0 Å². The molecule has 2 aliphatic rings. The summed E-state index contributed by atoms with van der Waals surface area (Å²) in [5.41, 5.74) is 2.29. The molecule has 0 bridgehead atoms. The van der Waals surface area contributed by atoms with Gasteiger partial charge in [-0.05, 0) is 30.4 Å². The molecule has 2 aliphatic heterocycles. The van der Waals surface area contributed by atoms with Crippen LogP contribution < -0.4 is 0 Å². The molecule has 3 rings (SSSR count). The number of nitrogens with zero attached hydrogens (tertiary/aromatic N) is 2. The Labute approximate surface area is 124 Å². The van der Waals surface area contributed by atoms with E-state index in [0.29, 0.717) is 13.0 Å². The van der Waals surface area contributed by atoms with Crippen molar-refractivity contribution in [2.75, 3.05) is 19.6 Å². The average molecular weight is 288 g/mol. The van der Waals surface area contributed by atoms with Gasteiger partial charge in [-0.2, -0.15) is 0 Å². The third kappa shape index (κ3) is 2.93. The van der Waals surface area contributed by atoms with Gasteiger partial charge in [0, 0.05) is 19.6 Å². The highest BCUT2D eigenvalue weighted by Crippen LogP contribution is 2.25. The first kappa shape index (κ1) is 14.1. The Kier molecular flexibility index (Phi) is 3.92. The molecule has 0 aromatic heterocycles. The van der Waals surface area contributed by atoms with E-state index in [4.69, 9.17) is 5.11 Å². The zero-order chi connectivity index (χ0) is 14.8. The summed E-state index contributed by atoms with van der Waals surface area (Å²) in [6.07, 6.45) is 2.71. The second-order valence-corrected chi connectivity index (χ2v) is 5.82. The minimum absolute atomic E-state index is 0.0847. The number of likely N-dealkylation sites (tertiary alicyclic amines) is 1. The molecule has 1 fully saturated rings. The lowest BCUT2D eigenvalue weighted by Crippen LogP contribution is -2.52. The Morgan fingerprint density at radius 3 is 2.48 bits per heavy atom. The standard InChI is InChI=1S/C16H20N2O3/c19-15(20)11-18-10-13-6-2-1-5-12(13)9-14(18)16(21)17-7-3-4-8-17/h1-2,5-6,14H,3-4,7-11H2,(H,19,20)/t14-/m0/s1. The number of carbonyl (C=O) groups is 2. The van der Waals surface area contributed by atoms with Gasteiger partial charge in [0.05, 0.1) is 12.6 Å². The third-order valence-electron chi connectivity index (χ3n) is 4.39. The van der Waals surface area contributed by atoms with E-state index in [1.807, 2.05) is 29.2 Å². The minimum atomic E-state index is -0.881. The number of carboxylic acid groups (broad SMARTS) is 1. The van der Waals surface area contributed by atoms with Crippen molar-refractivity contribution in [2.24, 2.45) is 0 Å². The minimum Gasteiger partial charge on any atom is -0.480 e.